The SMILES string of the molecule is FC(F)(F)Oc1ccc(CCC2CCC(C3CCC(/C=C/Br)CC3)CC2)cc1. The van der Waals surface area contributed by atoms with Gasteiger partial charge >= 0.3 is 6.36 Å². The van der Waals surface area contributed by atoms with Crippen LogP contribution in [-0.2, 0) is 6.42 Å². The maximum Gasteiger partial charge on any atom is 0.573 e. The summed E-state index contributed by atoms with van der Waals surface area (Å²) in [5, 5.41) is 0. The van der Waals surface area contributed by atoms with Crippen molar-refractivity contribution in [3.8, 4) is 5.75 Å². The topological polar surface area (TPSA) is 9.23 Å². The van der Waals surface area contributed by atoms with Gasteiger partial charge in [-0.15, -0.1) is 13.2 Å². The summed E-state index contributed by atoms with van der Waals surface area (Å²) < 4.78 is 40.6. The number of rotatable bonds is 6. The van der Waals surface area contributed by atoms with E-state index in [2.05, 4.69) is 26.7 Å². The summed E-state index contributed by atoms with van der Waals surface area (Å²) in [4.78, 5) is 2.01. The molecule has 0 radical (unpaired) electrons. The van der Waals surface area contributed by atoms with Crippen LogP contribution in [0, 0.1) is 23.7 Å². The minimum atomic E-state index is -4.62. The molecule has 2 aliphatic rings. The Morgan fingerprint density at radius 3 is 2.00 bits per heavy atom. The fraction of sp³-hybridized carbons (Fsp3) is 0.652. The Labute approximate surface area is 174 Å². The van der Waals surface area contributed by atoms with Crippen LogP contribution in [0.1, 0.15) is 63.4 Å². The zero-order valence-corrected chi connectivity index (χ0v) is 17.9. The lowest BCUT2D eigenvalue weighted by atomic mass is 9.68. The van der Waals surface area contributed by atoms with Crippen molar-refractivity contribution in [2.24, 2.45) is 23.7 Å². The standard InChI is InChI=1S/C23H30BrF3O/c24-16-15-19-5-11-21(12-6-19)20-9-3-17(4-10-20)1-2-18-7-13-22(14-8-18)28-23(25,26)27/h7-8,13-17,19-21H,1-6,9-12H2/b16-15+. The number of aryl methyl sites for hydroxylation is 1. The molecule has 1 aromatic rings. The third-order valence-corrected chi connectivity index (χ3v) is 7.02. The first-order chi connectivity index (χ1) is 13.4. The highest BCUT2D eigenvalue weighted by molar-refractivity contribution is 9.11. The minimum Gasteiger partial charge on any atom is -0.406 e. The van der Waals surface area contributed by atoms with Gasteiger partial charge in [0.2, 0.25) is 0 Å². The first kappa shape index (κ1) is 21.7. The highest BCUT2D eigenvalue weighted by Gasteiger charge is 2.31. The number of benzene rings is 1. The number of alkyl halides is 3. The molecule has 0 N–H and O–H groups in total. The van der Waals surface area contributed by atoms with Crippen LogP contribution in [0.25, 0.3) is 0 Å². The van der Waals surface area contributed by atoms with Crippen LogP contribution < -0.4 is 4.74 Å². The van der Waals surface area contributed by atoms with E-state index in [0.29, 0.717) is 0 Å². The number of allylic oxidation sites excluding steroid dienone is 1. The number of hydrogen-bond donors (Lipinski definition) is 0. The van der Waals surface area contributed by atoms with Gasteiger partial charge in [-0.2, -0.15) is 0 Å². The van der Waals surface area contributed by atoms with Gasteiger partial charge in [-0.05, 0) is 97.7 Å². The van der Waals surface area contributed by atoms with Crippen LogP contribution in [0.5, 0.6) is 5.75 Å². The van der Waals surface area contributed by atoms with Gasteiger partial charge in [-0.3, -0.25) is 0 Å². The van der Waals surface area contributed by atoms with E-state index in [1.807, 2.05) is 4.99 Å². The van der Waals surface area contributed by atoms with Gasteiger partial charge in [0.15, 0.2) is 0 Å². The van der Waals surface area contributed by atoms with E-state index in [0.717, 1.165) is 42.1 Å². The van der Waals surface area contributed by atoms with E-state index in [9.17, 15) is 13.2 Å². The Bertz CT molecular complexity index is 610. The van der Waals surface area contributed by atoms with Gasteiger partial charge < -0.3 is 4.74 Å². The van der Waals surface area contributed by atoms with Gasteiger partial charge in [0.1, 0.15) is 5.75 Å². The monoisotopic (exact) mass is 458 g/mol. The second-order valence-electron chi connectivity index (χ2n) is 8.50. The summed E-state index contributed by atoms with van der Waals surface area (Å²) in [5.74, 6) is 3.21. The van der Waals surface area contributed by atoms with Crippen molar-refractivity contribution in [1.29, 1.82) is 0 Å². The van der Waals surface area contributed by atoms with Crippen molar-refractivity contribution >= 4 is 15.9 Å². The molecule has 3 rings (SSSR count). The number of halogens is 4. The Morgan fingerprint density at radius 2 is 1.46 bits per heavy atom. The van der Waals surface area contributed by atoms with Gasteiger partial charge in [0.25, 0.3) is 0 Å². The second-order valence-corrected chi connectivity index (χ2v) is 9.03. The fourth-order valence-corrected chi connectivity index (χ4v) is 5.52. The lowest BCUT2D eigenvalue weighted by molar-refractivity contribution is -0.274. The molecule has 2 saturated carbocycles. The molecule has 0 spiro atoms. The summed E-state index contributed by atoms with van der Waals surface area (Å²) in [6.07, 6.45) is 10.5. The van der Waals surface area contributed by atoms with Gasteiger partial charge in [0.05, 0.1) is 0 Å². The molecule has 1 aromatic carbocycles. The zero-order valence-electron chi connectivity index (χ0n) is 16.3. The van der Waals surface area contributed by atoms with Crippen molar-refractivity contribution in [1.82, 2.24) is 0 Å². The van der Waals surface area contributed by atoms with E-state index >= 15 is 0 Å². The first-order valence-electron chi connectivity index (χ1n) is 10.5. The average Bonchev–Trinajstić information content (AvgIpc) is 2.68. The molecule has 0 amide bonds. The molecule has 0 unspecified atom stereocenters. The third-order valence-electron chi connectivity index (χ3n) is 6.72. The molecular formula is C23H30BrF3O. The Hall–Kier alpha value is -0.970. The summed E-state index contributed by atoms with van der Waals surface area (Å²) >= 11 is 3.40. The molecule has 5 heteroatoms. The van der Waals surface area contributed by atoms with Crippen molar-refractivity contribution in [3.05, 3.63) is 40.9 Å². The quantitative estimate of drug-likeness (QED) is 0.418. The van der Waals surface area contributed by atoms with E-state index in [-0.39, 0.29) is 5.75 Å². The molecule has 1 nitrogen and oxygen atoms in total. The maximum atomic E-state index is 12.2. The van der Waals surface area contributed by atoms with Gasteiger partial charge in [0, 0.05) is 0 Å². The lowest BCUT2D eigenvalue weighted by Gasteiger charge is -2.37. The summed E-state index contributed by atoms with van der Waals surface area (Å²) in [6, 6.07) is 6.35. The summed E-state index contributed by atoms with van der Waals surface area (Å²) in [7, 11) is 0. The van der Waals surface area contributed by atoms with Crippen LogP contribution in [0.15, 0.2) is 35.3 Å². The normalized spacial score (nSPS) is 29.1. The molecule has 0 aromatic heterocycles. The van der Waals surface area contributed by atoms with Crippen LogP contribution in [0.4, 0.5) is 13.2 Å². The molecule has 0 aliphatic heterocycles. The Kier molecular flexibility index (Phi) is 7.90. The lowest BCUT2D eigenvalue weighted by Crippen LogP contribution is -2.25. The Morgan fingerprint density at radius 1 is 0.893 bits per heavy atom. The molecule has 28 heavy (non-hydrogen) atoms. The molecule has 2 fully saturated rings. The first-order valence-corrected chi connectivity index (χ1v) is 11.5. The molecular weight excluding hydrogens is 429 g/mol. The van der Waals surface area contributed by atoms with Crippen molar-refractivity contribution in [2.45, 2.75) is 70.6 Å². The predicted octanol–water partition coefficient (Wildman–Crippen LogP) is 8.04. The van der Waals surface area contributed by atoms with Gasteiger partial charge in [-0.1, -0.05) is 47.0 Å². The smallest absolute Gasteiger partial charge is 0.406 e. The van der Waals surface area contributed by atoms with E-state index in [1.165, 1.54) is 63.5 Å². The summed E-state index contributed by atoms with van der Waals surface area (Å²) in [5.41, 5.74) is 1.09. The van der Waals surface area contributed by atoms with Crippen LogP contribution >= 0.6 is 15.9 Å². The van der Waals surface area contributed by atoms with Crippen LogP contribution in [0.3, 0.4) is 0 Å². The predicted molar refractivity (Wildman–Crippen MR) is 110 cm³/mol. The fourth-order valence-electron chi connectivity index (χ4n) is 5.09. The highest BCUT2D eigenvalue weighted by Crippen LogP contribution is 2.42. The maximum absolute atomic E-state index is 12.2. The Balaban J connectivity index is 1.37. The van der Waals surface area contributed by atoms with E-state index in [4.69, 9.17) is 0 Å². The zero-order chi connectivity index (χ0) is 20.0. The van der Waals surface area contributed by atoms with Crippen molar-refractivity contribution in [2.75, 3.05) is 0 Å². The molecule has 2 aliphatic carbocycles. The van der Waals surface area contributed by atoms with Crippen molar-refractivity contribution in [3.63, 3.8) is 0 Å². The summed E-state index contributed by atoms with van der Waals surface area (Å²) in [6.45, 7) is 0. The largest absolute Gasteiger partial charge is 0.573 e. The molecule has 156 valence electrons. The molecule has 0 bridgehead atoms. The van der Waals surface area contributed by atoms with Crippen molar-refractivity contribution < 1.29 is 17.9 Å². The number of ether oxygens (including phenoxy) is 1. The van der Waals surface area contributed by atoms with Gasteiger partial charge in [-0.25, -0.2) is 0 Å². The molecule has 0 heterocycles. The second kappa shape index (κ2) is 10.2. The van der Waals surface area contributed by atoms with E-state index in [1.54, 1.807) is 12.1 Å². The highest BCUT2D eigenvalue weighted by atomic mass is 79.9. The average molecular weight is 459 g/mol. The molecule has 0 saturated heterocycles. The third kappa shape index (κ3) is 6.82. The minimum absolute atomic E-state index is 0.141. The molecule has 0 atom stereocenters. The van der Waals surface area contributed by atoms with Crippen LogP contribution in [-0.4, -0.2) is 6.36 Å². The van der Waals surface area contributed by atoms with E-state index < -0.39 is 6.36 Å². The van der Waals surface area contributed by atoms with Crippen LogP contribution in [0.2, 0.25) is 0 Å². The number of hydrogen-bond acceptors (Lipinski definition) is 1.